The predicted molar refractivity (Wildman–Crippen MR) is 79.4 cm³/mol. The van der Waals surface area contributed by atoms with E-state index in [-0.39, 0.29) is 26.9 Å². The third kappa shape index (κ3) is 4.09. The van der Waals surface area contributed by atoms with Crippen molar-refractivity contribution < 1.29 is 18.7 Å². The Morgan fingerprint density at radius 1 is 1.24 bits per heavy atom. The highest BCUT2D eigenvalue weighted by Crippen LogP contribution is 2.32. The number of aromatic hydroxyl groups is 1. The van der Waals surface area contributed by atoms with E-state index in [4.69, 9.17) is 11.6 Å². The number of amides is 1. The molecular formula is C14H10ClF2NO2S. The van der Waals surface area contributed by atoms with Crippen LogP contribution in [0.15, 0.2) is 47.4 Å². The van der Waals surface area contributed by atoms with Gasteiger partial charge in [-0.25, -0.2) is 0 Å². The summed E-state index contributed by atoms with van der Waals surface area (Å²) in [4.78, 5) is 12.3. The lowest BCUT2D eigenvalue weighted by Crippen LogP contribution is -2.12. The van der Waals surface area contributed by atoms with Crippen molar-refractivity contribution in [2.24, 2.45) is 0 Å². The van der Waals surface area contributed by atoms with Crippen molar-refractivity contribution >= 4 is 35.0 Å². The Labute approximate surface area is 128 Å². The van der Waals surface area contributed by atoms with Gasteiger partial charge in [0.05, 0.1) is 11.3 Å². The van der Waals surface area contributed by atoms with Crippen LogP contribution in [0.1, 0.15) is 10.4 Å². The van der Waals surface area contributed by atoms with Crippen LogP contribution in [-0.4, -0.2) is 16.8 Å². The number of anilines is 1. The lowest BCUT2D eigenvalue weighted by atomic mass is 10.2. The summed E-state index contributed by atoms with van der Waals surface area (Å²) in [5.41, 5.74) is 0.262. The maximum absolute atomic E-state index is 12.5. The summed E-state index contributed by atoms with van der Waals surface area (Å²) >= 11 is 6.02. The molecule has 0 aliphatic carbocycles. The number of nitrogens with one attached hydrogen (secondary N) is 1. The van der Waals surface area contributed by atoms with Gasteiger partial charge in [-0.1, -0.05) is 35.5 Å². The van der Waals surface area contributed by atoms with Gasteiger partial charge in [-0.2, -0.15) is 8.78 Å². The fourth-order valence-corrected chi connectivity index (χ4v) is 2.42. The second-order valence-corrected chi connectivity index (χ2v) is 5.46. The molecule has 0 fully saturated rings. The molecule has 2 aromatic carbocycles. The second kappa shape index (κ2) is 6.78. The number of hydrogen-bond acceptors (Lipinski definition) is 3. The summed E-state index contributed by atoms with van der Waals surface area (Å²) in [6.45, 7) is 0. The van der Waals surface area contributed by atoms with Gasteiger partial charge in [0, 0.05) is 9.92 Å². The van der Waals surface area contributed by atoms with Crippen molar-refractivity contribution in [3.8, 4) is 5.75 Å². The molecule has 0 saturated carbocycles. The highest BCUT2D eigenvalue weighted by atomic mass is 35.5. The Kier molecular flexibility index (Phi) is 5.03. The van der Waals surface area contributed by atoms with Gasteiger partial charge in [-0.15, -0.1) is 0 Å². The maximum Gasteiger partial charge on any atom is 0.288 e. The Morgan fingerprint density at radius 2 is 1.95 bits per heavy atom. The molecule has 21 heavy (non-hydrogen) atoms. The Hall–Kier alpha value is -1.79. The quantitative estimate of drug-likeness (QED) is 0.805. The van der Waals surface area contributed by atoms with E-state index in [0.717, 1.165) is 0 Å². The number of phenolic OH excluding ortho intramolecular Hbond substituents is 1. The molecule has 0 spiro atoms. The van der Waals surface area contributed by atoms with Gasteiger partial charge in [0.25, 0.3) is 11.7 Å². The highest BCUT2D eigenvalue weighted by Gasteiger charge is 2.15. The van der Waals surface area contributed by atoms with Gasteiger partial charge < -0.3 is 10.4 Å². The number of para-hydroxylation sites is 1. The number of thioether (sulfide) groups is 1. The van der Waals surface area contributed by atoms with Crippen LogP contribution in [0.5, 0.6) is 5.75 Å². The second-order valence-electron chi connectivity index (χ2n) is 3.99. The van der Waals surface area contributed by atoms with Gasteiger partial charge >= 0.3 is 0 Å². The van der Waals surface area contributed by atoms with Crippen molar-refractivity contribution in [1.82, 2.24) is 0 Å². The van der Waals surface area contributed by atoms with Crippen LogP contribution in [-0.2, 0) is 0 Å². The fraction of sp³-hybridized carbons (Fsp3) is 0.0714. The summed E-state index contributed by atoms with van der Waals surface area (Å²) in [7, 11) is 0. The van der Waals surface area contributed by atoms with E-state index < -0.39 is 11.7 Å². The molecule has 2 aromatic rings. The predicted octanol–water partition coefficient (Wildman–Crippen LogP) is 4.61. The monoisotopic (exact) mass is 329 g/mol. The van der Waals surface area contributed by atoms with Gasteiger partial charge in [0.1, 0.15) is 5.75 Å². The molecule has 0 saturated heterocycles. The number of carbonyl (C=O) groups is 1. The first kappa shape index (κ1) is 15.6. The topological polar surface area (TPSA) is 49.3 Å². The number of hydrogen-bond donors (Lipinski definition) is 2. The first-order valence-corrected chi connectivity index (χ1v) is 7.07. The molecule has 0 aliphatic heterocycles. The molecule has 110 valence electrons. The molecule has 0 radical (unpaired) electrons. The molecular weight excluding hydrogens is 320 g/mol. The average molecular weight is 330 g/mol. The van der Waals surface area contributed by atoms with Crippen LogP contribution in [0.2, 0.25) is 5.02 Å². The van der Waals surface area contributed by atoms with Gasteiger partial charge in [-0.05, 0) is 30.3 Å². The van der Waals surface area contributed by atoms with Gasteiger partial charge in [-0.3, -0.25) is 4.79 Å². The van der Waals surface area contributed by atoms with E-state index in [1.165, 1.54) is 30.3 Å². The van der Waals surface area contributed by atoms with Crippen molar-refractivity contribution in [2.45, 2.75) is 10.7 Å². The van der Waals surface area contributed by atoms with Crippen LogP contribution in [0, 0.1) is 0 Å². The number of halogens is 3. The largest absolute Gasteiger partial charge is 0.507 e. The lowest BCUT2D eigenvalue weighted by Gasteiger charge is -2.11. The molecule has 0 atom stereocenters. The molecule has 1 amide bonds. The van der Waals surface area contributed by atoms with Crippen LogP contribution >= 0.6 is 23.4 Å². The van der Waals surface area contributed by atoms with Crippen LogP contribution in [0.25, 0.3) is 0 Å². The third-order valence-corrected chi connectivity index (χ3v) is 3.58. The zero-order valence-electron chi connectivity index (χ0n) is 10.5. The molecule has 0 heterocycles. The minimum absolute atomic E-state index is 0.0104. The zero-order valence-corrected chi connectivity index (χ0v) is 12.1. The first-order chi connectivity index (χ1) is 9.97. The first-order valence-electron chi connectivity index (χ1n) is 5.81. The zero-order chi connectivity index (χ0) is 15.4. The molecule has 3 nitrogen and oxygen atoms in total. The number of rotatable bonds is 4. The van der Waals surface area contributed by atoms with Crippen molar-refractivity contribution in [1.29, 1.82) is 0 Å². The average Bonchev–Trinajstić information content (AvgIpc) is 2.40. The number of phenols is 1. The summed E-state index contributed by atoms with van der Waals surface area (Å²) in [5.74, 6) is -3.47. The van der Waals surface area contributed by atoms with Crippen molar-refractivity contribution in [3.63, 3.8) is 0 Å². The Bertz CT molecular complexity index is 667. The summed E-state index contributed by atoms with van der Waals surface area (Å²) < 4.78 is 24.9. The molecule has 0 aliphatic rings. The molecule has 0 aromatic heterocycles. The Morgan fingerprint density at radius 3 is 2.62 bits per heavy atom. The SMILES string of the molecule is O=C(Nc1ccccc1SC(F)F)c1ccc(Cl)cc1O. The van der Waals surface area contributed by atoms with Gasteiger partial charge in [0.2, 0.25) is 0 Å². The summed E-state index contributed by atoms with van der Waals surface area (Å²) in [6, 6.07) is 10.2. The normalized spacial score (nSPS) is 10.7. The van der Waals surface area contributed by atoms with E-state index >= 15 is 0 Å². The molecule has 0 bridgehead atoms. The van der Waals surface area contributed by atoms with E-state index in [2.05, 4.69) is 5.32 Å². The number of carbonyl (C=O) groups excluding carboxylic acids is 1. The highest BCUT2D eigenvalue weighted by molar-refractivity contribution is 7.99. The standard InChI is InChI=1S/C14H10ClF2NO2S/c15-8-5-6-9(11(19)7-8)13(20)18-10-3-1-2-4-12(10)21-14(16)17/h1-7,14,19H,(H,18,20). The van der Waals surface area contributed by atoms with Crippen LogP contribution in [0.4, 0.5) is 14.5 Å². The van der Waals surface area contributed by atoms with E-state index in [1.54, 1.807) is 12.1 Å². The summed E-state index contributed by atoms with van der Waals surface area (Å²) in [6.07, 6.45) is 0. The minimum Gasteiger partial charge on any atom is -0.507 e. The van der Waals surface area contributed by atoms with Gasteiger partial charge in [0.15, 0.2) is 0 Å². The van der Waals surface area contributed by atoms with E-state index in [0.29, 0.717) is 11.8 Å². The third-order valence-electron chi connectivity index (χ3n) is 2.56. The van der Waals surface area contributed by atoms with Crippen molar-refractivity contribution in [2.75, 3.05) is 5.32 Å². The fourth-order valence-electron chi connectivity index (χ4n) is 1.66. The molecule has 2 N–H and O–H groups in total. The smallest absolute Gasteiger partial charge is 0.288 e. The molecule has 2 rings (SSSR count). The Balaban J connectivity index is 2.23. The number of alkyl halides is 2. The lowest BCUT2D eigenvalue weighted by molar-refractivity contribution is 0.102. The molecule has 0 unspecified atom stereocenters. The van der Waals surface area contributed by atoms with E-state index in [1.807, 2.05) is 0 Å². The maximum atomic E-state index is 12.5. The summed E-state index contributed by atoms with van der Waals surface area (Å²) in [5, 5.41) is 12.5. The molecule has 7 heteroatoms. The van der Waals surface area contributed by atoms with Crippen molar-refractivity contribution in [3.05, 3.63) is 53.1 Å². The number of benzene rings is 2. The van der Waals surface area contributed by atoms with E-state index in [9.17, 15) is 18.7 Å². The minimum atomic E-state index is -2.59. The van der Waals surface area contributed by atoms with Crippen LogP contribution in [0.3, 0.4) is 0 Å². The van der Waals surface area contributed by atoms with Crippen LogP contribution < -0.4 is 5.32 Å².